The number of alkyl halides is 3. The van der Waals surface area contributed by atoms with Gasteiger partial charge in [0, 0.05) is 17.9 Å². The second kappa shape index (κ2) is 8.07. The molecule has 1 aromatic carbocycles. The van der Waals surface area contributed by atoms with Crippen LogP contribution in [0.4, 0.5) is 24.5 Å². The Balaban J connectivity index is 2.28. The summed E-state index contributed by atoms with van der Waals surface area (Å²) in [5.41, 5.74) is -0.786. The average Bonchev–Trinajstić information content (AvgIpc) is 2.61. The Kier molecular flexibility index (Phi) is 6.04. The van der Waals surface area contributed by atoms with Crippen molar-refractivity contribution < 1.29 is 27.5 Å². The molecule has 0 radical (unpaired) electrons. The van der Waals surface area contributed by atoms with Crippen LogP contribution in [0.25, 0.3) is 0 Å². The molecule has 27 heavy (non-hydrogen) atoms. The zero-order chi connectivity index (χ0) is 20.2. The molecular formula is C18H18F3N3O3. The average molecular weight is 381 g/mol. The van der Waals surface area contributed by atoms with Crippen LogP contribution in [0.1, 0.15) is 19.4 Å². The minimum atomic E-state index is -4.56. The van der Waals surface area contributed by atoms with Crippen molar-refractivity contribution in [3.63, 3.8) is 0 Å². The SMILES string of the molecule is COc1ncccc1N(C(=O)C(=O)Nc1cccc(C(F)(F)F)c1)C(C)C. The van der Waals surface area contributed by atoms with Crippen LogP contribution in [0.3, 0.4) is 0 Å². The number of carbonyl (C=O) groups is 2. The Morgan fingerprint density at radius 1 is 1.19 bits per heavy atom. The zero-order valence-electron chi connectivity index (χ0n) is 14.9. The maximum Gasteiger partial charge on any atom is 0.416 e. The van der Waals surface area contributed by atoms with E-state index in [0.717, 1.165) is 23.1 Å². The molecule has 0 saturated heterocycles. The molecule has 2 amide bonds. The van der Waals surface area contributed by atoms with Gasteiger partial charge >= 0.3 is 18.0 Å². The number of nitrogens with zero attached hydrogens (tertiary/aromatic N) is 2. The van der Waals surface area contributed by atoms with E-state index in [1.165, 1.54) is 19.4 Å². The quantitative estimate of drug-likeness (QED) is 0.823. The molecule has 1 N–H and O–H groups in total. The van der Waals surface area contributed by atoms with Gasteiger partial charge in [-0.25, -0.2) is 4.98 Å². The molecule has 6 nitrogen and oxygen atoms in total. The number of carbonyl (C=O) groups excluding carboxylic acids is 2. The molecule has 0 aliphatic heterocycles. The van der Waals surface area contributed by atoms with E-state index in [2.05, 4.69) is 10.3 Å². The first kappa shape index (κ1) is 20.2. The van der Waals surface area contributed by atoms with E-state index in [9.17, 15) is 22.8 Å². The topological polar surface area (TPSA) is 71.5 Å². The van der Waals surface area contributed by atoms with Gasteiger partial charge in [-0.3, -0.25) is 14.5 Å². The summed E-state index contributed by atoms with van der Waals surface area (Å²) in [5, 5.41) is 2.21. The first-order chi connectivity index (χ1) is 12.6. The van der Waals surface area contributed by atoms with Gasteiger partial charge in [-0.15, -0.1) is 0 Å². The predicted octanol–water partition coefficient (Wildman–Crippen LogP) is 3.49. The molecule has 0 atom stereocenters. The number of nitrogens with one attached hydrogen (secondary N) is 1. The summed E-state index contributed by atoms with van der Waals surface area (Å²) in [7, 11) is 1.37. The summed E-state index contributed by atoms with van der Waals surface area (Å²) in [6.45, 7) is 3.36. The first-order valence-corrected chi connectivity index (χ1v) is 7.96. The Labute approximate surface area is 154 Å². The fourth-order valence-electron chi connectivity index (χ4n) is 2.41. The highest BCUT2D eigenvalue weighted by Crippen LogP contribution is 2.31. The molecule has 9 heteroatoms. The van der Waals surface area contributed by atoms with Crippen molar-refractivity contribution in [1.29, 1.82) is 0 Å². The van der Waals surface area contributed by atoms with Crippen LogP contribution in [-0.2, 0) is 15.8 Å². The number of benzene rings is 1. The van der Waals surface area contributed by atoms with Gasteiger partial charge in [-0.1, -0.05) is 6.07 Å². The molecule has 0 saturated carbocycles. The molecule has 2 rings (SSSR count). The molecule has 0 aliphatic carbocycles. The summed E-state index contributed by atoms with van der Waals surface area (Å²) in [6.07, 6.45) is -3.09. The van der Waals surface area contributed by atoms with Crippen LogP contribution >= 0.6 is 0 Å². The lowest BCUT2D eigenvalue weighted by Gasteiger charge is -2.27. The number of hydrogen-bond donors (Lipinski definition) is 1. The third-order valence-corrected chi connectivity index (χ3v) is 3.58. The molecule has 0 bridgehead atoms. The second-order valence-corrected chi connectivity index (χ2v) is 5.83. The number of pyridine rings is 1. The number of hydrogen-bond acceptors (Lipinski definition) is 4. The van der Waals surface area contributed by atoms with Crippen LogP contribution in [0, 0.1) is 0 Å². The smallest absolute Gasteiger partial charge is 0.416 e. The lowest BCUT2D eigenvalue weighted by molar-refractivity contribution is -0.137. The number of rotatable bonds is 4. The number of ether oxygens (including phenoxy) is 1. The number of anilines is 2. The largest absolute Gasteiger partial charge is 0.480 e. The van der Waals surface area contributed by atoms with Gasteiger partial charge in [-0.2, -0.15) is 13.2 Å². The van der Waals surface area contributed by atoms with Crippen molar-refractivity contribution >= 4 is 23.2 Å². The molecule has 1 aromatic heterocycles. The highest BCUT2D eigenvalue weighted by atomic mass is 19.4. The van der Waals surface area contributed by atoms with Crippen molar-refractivity contribution in [3.05, 3.63) is 48.2 Å². The summed E-state index contributed by atoms with van der Waals surface area (Å²) >= 11 is 0. The molecule has 1 heterocycles. The van der Waals surface area contributed by atoms with Crippen molar-refractivity contribution in [2.75, 3.05) is 17.3 Å². The maximum atomic E-state index is 12.8. The minimum absolute atomic E-state index is 0.134. The van der Waals surface area contributed by atoms with E-state index in [-0.39, 0.29) is 17.3 Å². The number of aromatic nitrogens is 1. The van der Waals surface area contributed by atoms with Crippen molar-refractivity contribution in [2.45, 2.75) is 26.1 Å². The first-order valence-electron chi connectivity index (χ1n) is 7.96. The van der Waals surface area contributed by atoms with E-state index in [0.29, 0.717) is 0 Å². The summed E-state index contributed by atoms with van der Waals surface area (Å²) in [4.78, 5) is 30.1. The van der Waals surface area contributed by atoms with E-state index in [1.54, 1.807) is 26.0 Å². The summed E-state index contributed by atoms with van der Waals surface area (Å²) in [5.74, 6) is -1.88. The van der Waals surface area contributed by atoms with Crippen LogP contribution in [0.5, 0.6) is 5.88 Å². The Morgan fingerprint density at radius 2 is 1.89 bits per heavy atom. The highest BCUT2D eigenvalue weighted by Gasteiger charge is 2.32. The fraction of sp³-hybridized carbons (Fsp3) is 0.278. The maximum absolute atomic E-state index is 12.8. The van der Waals surface area contributed by atoms with Gasteiger partial charge in [0.15, 0.2) is 0 Å². The van der Waals surface area contributed by atoms with Crippen LogP contribution in [-0.4, -0.2) is 29.9 Å². The predicted molar refractivity (Wildman–Crippen MR) is 93.5 cm³/mol. The minimum Gasteiger partial charge on any atom is -0.480 e. The van der Waals surface area contributed by atoms with Gasteiger partial charge < -0.3 is 10.1 Å². The molecule has 0 unspecified atom stereocenters. The molecule has 0 spiro atoms. The third-order valence-electron chi connectivity index (χ3n) is 3.58. The van der Waals surface area contributed by atoms with Crippen LogP contribution in [0.15, 0.2) is 42.6 Å². The van der Waals surface area contributed by atoms with Gasteiger partial charge in [-0.05, 0) is 44.2 Å². The standard InChI is InChI=1S/C18H18F3N3O3/c1-11(2)24(14-8-5-9-22-16(14)27-3)17(26)15(25)23-13-7-4-6-12(10-13)18(19,20)21/h4-11H,1-3H3,(H,23,25). The normalized spacial score (nSPS) is 11.2. The van der Waals surface area contributed by atoms with E-state index >= 15 is 0 Å². The van der Waals surface area contributed by atoms with Gasteiger partial charge in [0.2, 0.25) is 5.88 Å². The van der Waals surface area contributed by atoms with E-state index in [4.69, 9.17) is 4.74 Å². The molecule has 0 fully saturated rings. The third kappa shape index (κ3) is 4.75. The monoisotopic (exact) mass is 381 g/mol. The van der Waals surface area contributed by atoms with Crippen molar-refractivity contribution in [3.8, 4) is 5.88 Å². The van der Waals surface area contributed by atoms with Crippen LogP contribution in [0.2, 0.25) is 0 Å². The van der Waals surface area contributed by atoms with Crippen LogP contribution < -0.4 is 15.0 Å². The molecule has 2 aromatic rings. The lowest BCUT2D eigenvalue weighted by Crippen LogP contribution is -2.44. The summed E-state index contributed by atoms with van der Waals surface area (Å²) < 4.78 is 43.5. The van der Waals surface area contributed by atoms with Gasteiger partial charge in [0.1, 0.15) is 5.69 Å². The van der Waals surface area contributed by atoms with E-state index in [1.807, 2.05) is 0 Å². The second-order valence-electron chi connectivity index (χ2n) is 5.83. The molecule has 0 aliphatic rings. The number of methoxy groups -OCH3 is 1. The highest BCUT2D eigenvalue weighted by molar-refractivity contribution is 6.44. The number of amides is 2. The van der Waals surface area contributed by atoms with Gasteiger partial charge in [0.25, 0.3) is 0 Å². The fourth-order valence-corrected chi connectivity index (χ4v) is 2.41. The Bertz CT molecular complexity index is 838. The molecule has 144 valence electrons. The number of halogens is 3. The summed E-state index contributed by atoms with van der Waals surface area (Å²) in [6, 6.07) is 6.75. The van der Waals surface area contributed by atoms with Gasteiger partial charge in [0.05, 0.1) is 12.7 Å². The van der Waals surface area contributed by atoms with E-state index < -0.39 is 29.6 Å². The Morgan fingerprint density at radius 3 is 2.48 bits per heavy atom. The molecular weight excluding hydrogens is 363 g/mol. The van der Waals surface area contributed by atoms with Crippen molar-refractivity contribution in [2.24, 2.45) is 0 Å². The van der Waals surface area contributed by atoms with Crippen molar-refractivity contribution in [1.82, 2.24) is 4.98 Å². The zero-order valence-corrected chi connectivity index (χ0v) is 14.9. The Hall–Kier alpha value is -3.10. The lowest BCUT2D eigenvalue weighted by atomic mass is 10.2.